The normalized spacial score (nSPS) is 19.9. The Bertz CT molecular complexity index is 1700. The van der Waals surface area contributed by atoms with E-state index < -0.39 is 25.4 Å². The summed E-state index contributed by atoms with van der Waals surface area (Å²) in [4.78, 5) is 24.6. The van der Waals surface area contributed by atoms with Crippen LogP contribution in [0.1, 0.15) is 78.1 Å². The van der Waals surface area contributed by atoms with E-state index in [1.165, 1.54) is 0 Å². The molecule has 2 aliphatic heterocycles. The molecule has 1 N–H and O–H groups in total. The smallest absolute Gasteiger partial charge is 0.414 e. The third kappa shape index (κ3) is 7.74. The average Bonchev–Trinajstić information content (AvgIpc) is 3.50. The van der Waals surface area contributed by atoms with Gasteiger partial charge in [-0.15, -0.1) is 0 Å². The molecule has 3 aromatic rings. The standard InChI is InChI=1S/C36H51N7O4Si/c1-24-16-30(43(41-24)20-25-12-11-15-45-21-25)40-32-38-14-13-29(39-32)26-17-27(19-37)31-28(18-26)36(8,23-46-48(9,10)35(5,6)7)22-42(31)33(44)47-34(2,3)4/h13-14,16-18,25H,11-12,15,20-23H2,1-10H3,(H,38,39,40)/t25?,36-/m1/s1. The Morgan fingerprint density at radius 1 is 1.21 bits per heavy atom. The van der Waals surface area contributed by atoms with E-state index in [9.17, 15) is 10.1 Å². The molecule has 2 aliphatic rings. The number of anilines is 3. The second-order valence-electron chi connectivity index (χ2n) is 16.0. The van der Waals surface area contributed by atoms with Gasteiger partial charge in [0, 0.05) is 55.5 Å². The molecule has 0 aliphatic carbocycles. The first-order valence-corrected chi connectivity index (χ1v) is 19.8. The molecule has 0 bridgehead atoms. The number of rotatable bonds is 8. The minimum Gasteiger partial charge on any atom is -0.443 e. The average molecular weight is 674 g/mol. The minimum atomic E-state index is -2.13. The van der Waals surface area contributed by atoms with Crippen molar-refractivity contribution in [2.45, 2.75) is 104 Å². The van der Waals surface area contributed by atoms with Crippen molar-refractivity contribution in [1.82, 2.24) is 19.7 Å². The van der Waals surface area contributed by atoms with Crippen molar-refractivity contribution in [2.24, 2.45) is 5.92 Å². The number of ether oxygens (including phenoxy) is 2. The molecule has 5 rings (SSSR count). The van der Waals surface area contributed by atoms with Crippen LogP contribution < -0.4 is 10.2 Å². The van der Waals surface area contributed by atoms with Crippen LogP contribution >= 0.6 is 0 Å². The van der Waals surface area contributed by atoms with Crippen molar-refractivity contribution < 1.29 is 18.7 Å². The molecule has 1 fully saturated rings. The van der Waals surface area contributed by atoms with E-state index in [-0.39, 0.29) is 5.04 Å². The molecule has 258 valence electrons. The zero-order chi connectivity index (χ0) is 35.1. The lowest BCUT2D eigenvalue weighted by molar-refractivity contribution is 0.0472. The number of nitriles is 1. The van der Waals surface area contributed by atoms with E-state index in [2.05, 4.69) is 57.2 Å². The molecular formula is C36H51N7O4Si. The van der Waals surface area contributed by atoms with Gasteiger partial charge >= 0.3 is 6.09 Å². The van der Waals surface area contributed by atoms with Crippen molar-refractivity contribution in [2.75, 3.05) is 36.6 Å². The van der Waals surface area contributed by atoms with E-state index in [1.54, 1.807) is 17.2 Å². The number of carbonyl (C=O) groups excluding carboxylic acids is 1. The Morgan fingerprint density at radius 3 is 2.60 bits per heavy atom. The van der Waals surface area contributed by atoms with Gasteiger partial charge < -0.3 is 19.2 Å². The molecular weight excluding hydrogens is 623 g/mol. The highest BCUT2D eigenvalue weighted by atomic mass is 28.4. The van der Waals surface area contributed by atoms with Gasteiger partial charge in [0.05, 0.1) is 29.2 Å². The Balaban J connectivity index is 1.51. The molecule has 0 radical (unpaired) electrons. The number of nitrogens with one attached hydrogen (secondary N) is 1. The number of aryl methyl sites for hydroxylation is 1. The second-order valence-corrected chi connectivity index (χ2v) is 20.8. The van der Waals surface area contributed by atoms with Crippen LogP contribution in [-0.4, -0.2) is 66.1 Å². The van der Waals surface area contributed by atoms with Crippen LogP contribution in [0.3, 0.4) is 0 Å². The van der Waals surface area contributed by atoms with Crippen molar-refractivity contribution in [1.29, 1.82) is 5.26 Å². The van der Waals surface area contributed by atoms with Crippen LogP contribution in [0.2, 0.25) is 18.1 Å². The van der Waals surface area contributed by atoms with Crippen LogP contribution in [0.15, 0.2) is 30.5 Å². The third-order valence-corrected chi connectivity index (χ3v) is 14.1. The van der Waals surface area contributed by atoms with Crippen molar-refractivity contribution in [3.63, 3.8) is 0 Å². The zero-order valence-corrected chi connectivity index (χ0v) is 31.2. The highest BCUT2D eigenvalue weighted by Gasteiger charge is 2.47. The molecule has 1 amide bonds. The number of amides is 1. The molecule has 1 saturated heterocycles. The number of hydrogen-bond donors (Lipinski definition) is 1. The summed E-state index contributed by atoms with van der Waals surface area (Å²) in [5, 5.41) is 18.5. The summed E-state index contributed by atoms with van der Waals surface area (Å²) in [5.74, 6) is 1.63. The summed E-state index contributed by atoms with van der Waals surface area (Å²) in [6.07, 6.45) is 3.39. The summed E-state index contributed by atoms with van der Waals surface area (Å²) in [6.45, 7) is 23.7. The largest absolute Gasteiger partial charge is 0.443 e. The van der Waals surface area contributed by atoms with E-state index in [1.807, 2.05) is 50.6 Å². The van der Waals surface area contributed by atoms with E-state index >= 15 is 0 Å². The Labute approximate surface area is 286 Å². The Kier molecular flexibility index (Phi) is 9.81. The molecule has 2 aromatic heterocycles. The summed E-state index contributed by atoms with van der Waals surface area (Å²) in [6, 6.07) is 10.0. The number of carbonyl (C=O) groups is 1. The van der Waals surface area contributed by atoms with Crippen LogP contribution in [0.25, 0.3) is 11.3 Å². The maximum atomic E-state index is 13.6. The number of benzene rings is 1. The highest BCUT2D eigenvalue weighted by Crippen LogP contribution is 2.47. The molecule has 0 spiro atoms. The van der Waals surface area contributed by atoms with Crippen LogP contribution in [0.4, 0.5) is 22.2 Å². The van der Waals surface area contributed by atoms with Crippen LogP contribution in [0, 0.1) is 24.2 Å². The van der Waals surface area contributed by atoms with E-state index in [4.69, 9.17) is 24.0 Å². The van der Waals surface area contributed by atoms with Gasteiger partial charge in [0.1, 0.15) is 17.5 Å². The second kappa shape index (κ2) is 13.3. The number of fused-ring (bicyclic) bond motifs is 1. The summed E-state index contributed by atoms with van der Waals surface area (Å²) in [5.41, 5.74) is 2.82. The van der Waals surface area contributed by atoms with Crippen molar-refractivity contribution >= 4 is 31.9 Å². The molecule has 2 atom stereocenters. The Hall–Kier alpha value is -3.79. The molecule has 1 unspecified atom stereocenters. The van der Waals surface area contributed by atoms with Gasteiger partial charge in [0.2, 0.25) is 5.95 Å². The lowest BCUT2D eigenvalue weighted by Gasteiger charge is -2.39. The highest BCUT2D eigenvalue weighted by molar-refractivity contribution is 6.74. The molecule has 4 heterocycles. The van der Waals surface area contributed by atoms with Crippen molar-refractivity contribution in [3.8, 4) is 17.3 Å². The number of hydrogen-bond acceptors (Lipinski definition) is 9. The number of nitrogens with zero attached hydrogens (tertiary/aromatic N) is 6. The molecule has 48 heavy (non-hydrogen) atoms. The lowest BCUT2D eigenvalue weighted by atomic mass is 9.83. The monoisotopic (exact) mass is 673 g/mol. The Morgan fingerprint density at radius 2 is 1.96 bits per heavy atom. The third-order valence-electron chi connectivity index (χ3n) is 9.61. The van der Waals surface area contributed by atoms with Crippen LogP contribution in [-0.2, 0) is 25.9 Å². The van der Waals surface area contributed by atoms with Gasteiger partial charge in [-0.3, -0.25) is 4.90 Å². The fraction of sp³-hybridized carbons (Fsp3) is 0.583. The fourth-order valence-electron chi connectivity index (χ4n) is 5.96. The van der Waals surface area contributed by atoms with Gasteiger partial charge in [0.15, 0.2) is 8.32 Å². The van der Waals surface area contributed by atoms with Crippen molar-refractivity contribution in [3.05, 3.63) is 47.3 Å². The number of aromatic nitrogens is 4. The quantitative estimate of drug-likeness (QED) is 0.239. The van der Waals surface area contributed by atoms with Gasteiger partial charge in [0.25, 0.3) is 0 Å². The molecule has 11 nitrogen and oxygen atoms in total. The van der Waals surface area contributed by atoms with Gasteiger partial charge in [-0.2, -0.15) is 10.4 Å². The summed E-state index contributed by atoms with van der Waals surface area (Å²) in [7, 11) is -2.13. The summed E-state index contributed by atoms with van der Waals surface area (Å²) >= 11 is 0. The first kappa shape index (κ1) is 35.5. The molecule has 0 saturated carbocycles. The first-order valence-electron chi connectivity index (χ1n) is 16.8. The minimum absolute atomic E-state index is 0.0117. The van der Waals surface area contributed by atoms with Gasteiger partial charge in [-0.05, 0) is 82.4 Å². The molecule has 1 aromatic carbocycles. The zero-order valence-electron chi connectivity index (χ0n) is 30.2. The lowest BCUT2D eigenvalue weighted by Crippen LogP contribution is -2.46. The molecule has 12 heteroatoms. The fourth-order valence-corrected chi connectivity index (χ4v) is 7.07. The van der Waals surface area contributed by atoms with Crippen LogP contribution in [0.5, 0.6) is 0 Å². The van der Waals surface area contributed by atoms with E-state index in [0.29, 0.717) is 42.0 Å². The van der Waals surface area contributed by atoms with Gasteiger partial charge in [-0.1, -0.05) is 27.7 Å². The summed E-state index contributed by atoms with van der Waals surface area (Å²) < 4.78 is 20.2. The predicted octanol–water partition coefficient (Wildman–Crippen LogP) is 7.73. The predicted molar refractivity (Wildman–Crippen MR) is 190 cm³/mol. The first-order chi connectivity index (χ1) is 22.4. The topological polar surface area (TPSA) is 127 Å². The SMILES string of the molecule is Cc1cc(Nc2nccc(-c3cc(C#N)c4c(c3)[C@@](C)(CO[Si](C)(C)C(C)(C)C)CN4C(=O)OC(C)(C)C)n2)n(CC2CCCOC2)n1. The van der Waals surface area contributed by atoms with E-state index in [0.717, 1.165) is 55.2 Å². The van der Waals surface area contributed by atoms with Gasteiger partial charge in [-0.25, -0.2) is 19.4 Å². The maximum absolute atomic E-state index is 13.6. The maximum Gasteiger partial charge on any atom is 0.414 e.